The summed E-state index contributed by atoms with van der Waals surface area (Å²) in [5.41, 5.74) is 6.17. The van der Waals surface area contributed by atoms with Gasteiger partial charge in [-0.2, -0.15) is 0 Å². The number of rotatable bonds is 4. The van der Waals surface area contributed by atoms with E-state index in [2.05, 4.69) is 5.32 Å². The topological polar surface area (TPSA) is 58.3 Å². The van der Waals surface area contributed by atoms with Gasteiger partial charge in [-0.15, -0.1) is 0 Å². The Kier molecular flexibility index (Phi) is 3.97. The first-order valence-electron chi connectivity index (χ1n) is 5.79. The Labute approximate surface area is 109 Å². The minimum atomic E-state index is -0.900. The van der Waals surface area contributed by atoms with Crippen LogP contribution in [0.5, 0.6) is 0 Å². The summed E-state index contributed by atoms with van der Waals surface area (Å²) in [5.74, 6) is -0.925. The van der Waals surface area contributed by atoms with Crippen molar-refractivity contribution in [1.29, 1.82) is 0 Å². The van der Waals surface area contributed by atoms with E-state index in [1.54, 1.807) is 18.2 Å². The zero-order chi connectivity index (χ0) is 13.8. The lowest BCUT2D eigenvalue weighted by Crippen LogP contribution is -2.13. The summed E-state index contributed by atoms with van der Waals surface area (Å²) in [7, 11) is 0. The summed E-state index contributed by atoms with van der Waals surface area (Å²) in [4.78, 5) is 0. The molecule has 0 aliphatic rings. The van der Waals surface area contributed by atoms with E-state index >= 15 is 0 Å². The van der Waals surface area contributed by atoms with Crippen LogP contribution in [0.25, 0.3) is 0 Å². The highest BCUT2D eigenvalue weighted by Crippen LogP contribution is 2.20. The number of halogens is 2. The second-order valence-electron chi connectivity index (χ2n) is 4.16. The van der Waals surface area contributed by atoms with Crippen LogP contribution in [-0.2, 0) is 0 Å². The maximum atomic E-state index is 13.3. The Hall–Kier alpha value is -2.14. The van der Waals surface area contributed by atoms with Gasteiger partial charge in [0.15, 0.2) is 0 Å². The summed E-state index contributed by atoms with van der Waals surface area (Å²) in [6.07, 6.45) is -0.900. The van der Waals surface area contributed by atoms with Crippen LogP contribution < -0.4 is 11.1 Å². The van der Waals surface area contributed by atoms with Gasteiger partial charge in [0, 0.05) is 6.54 Å². The molecule has 1 unspecified atom stereocenters. The van der Waals surface area contributed by atoms with Gasteiger partial charge in [-0.25, -0.2) is 8.78 Å². The number of anilines is 2. The molecule has 0 saturated heterocycles. The zero-order valence-corrected chi connectivity index (χ0v) is 10.1. The zero-order valence-electron chi connectivity index (χ0n) is 10.1. The maximum absolute atomic E-state index is 13.3. The summed E-state index contributed by atoms with van der Waals surface area (Å²) < 4.78 is 26.3. The van der Waals surface area contributed by atoms with Gasteiger partial charge in [-0.3, -0.25) is 0 Å². The largest absolute Gasteiger partial charge is 0.396 e. The minimum Gasteiger partial charge on any atom is -0.396 e. The number of aliphatic hydroxyl groups is 1. The molecule has 0 saturated carbocycles. The van der Waals surface area contributed by atoms with Crippen molar-refractivity contribution in [2.24, 2.45) is 0 Å². The third-order valence-corrected chi connectivity index (χ3v) is 2.76. The Morgan fingerprint density at radius 2 is 1.84 bits per heavy atom. The van der Waals surface area contributed by atoms with Gasteiger partial charge in [0.05, 0.1) is 17.5 Å². The molecule has 0 radical (unpaired) electrons. The molecule has 4 N–H and O–H groups in total. The molecule has 2 aromatic carbocycles. The first-order valence-corrected chi connectivity index (χ1v) is 5.79. The molecule has 2 aromatic rings. The van der Waals surface area contributed by atoms with Crippen LogP contribution in [0.4, 0.5) is 20.2 Å². The van der Waals surface area contributed by atoms with Crippen LogP contribution in [0, 0.1) is 11.6 Å². The molecule has 5 heteroatoms. The molecule has 19 heavy (non-hydrogen) atoms. The Bertz CT molecular complexity index is 575. The van der Waals surface area contributed by atoms with Gasteiger partial charge in [0.1, 0.15) is 11.6 Å². The van der Waals surface area contributed by atoms with E-state index in [1.165, 1.54) is 24.3 Å². The summed E-state index contributed by atoms with van der Waals surface area (Å²) in [6.45, 7) is 0.103. The van der Waals surface area contributed by atoms with Gasteiger partial charge in [0.2, 0.25) is 0 Å². The summed E-state index contributed by atoms with van der Waals surface area (Å²) >= 11 is 0. The van der Waals surface area contributed by atoms with Crippen molar-refractivity contribution in [2.45, 2.75) is 6.10 Å². The van der Waals surface area contributed by atoms with Crippen LogP contribution in [-0.4, -0.2) is 11.7 Å². The second kappa shape index (κ2) is 5.67. The average molecular weight is 264 g/mol. The number of hydrogen-bond donors (Lipinski definition) is 3. The average Bonchev–Trinajstić information content (AvgIpc) is 2.40. The van der Waals surface area contributed by atoms with Crippen molar-refractivity contribution in [2.75, 3.05) is 17.6 Å². The number of para-hydroxylation sites is 1. The van der Waals surface area contributed by atoms with Crippen LogP contribution >= 0.6 is 0 Å². The van der Waals surface area contributed by atoms with E-state index in [9.17, 15) is 13.9 Å². The van der Waals surface area contributed by atoms with E-state index in [4.69, 9.17) is 5.73 Å². The lowest BCUT2D eigenvalue weighted by atomic mass is 10.1. The number of nitrogens with two attached hydrogens (primary N) is 1. The molecular weight excluding hydrogens is 250 g/mol. The highest BCUT2D eigenvalue weighted by molar-refractivity contribution is 5.46. The van der Waals surface area contributed by atoms with E-state index in [1.807, 2.05) is 0 Å². The van der Waals surface area contributed by atoms with E-state index in [0.717, 1.165) is 0 Å². The lowest BCUT2D eigenvalue weighted by Gasteiger charge is -2.14. The highest BCUT2D eigenvalue weighted by Gasteiger charge is 2.10. The smallest absolute Gasteiger partial charge is 0.146 e. The van der Waals surface area contributed by atoms with Crippen molar-refractivity contribution < 1.29 is 13.9 Å². The van der Waals surface area contributed by atoms with Crippen LogP contribution in [0.3, 0.4) is 0 Å². The standard InChI is InChI=1S/C14H14F2N2O/c15-10-6-5-9(7-12(10)17)14(19)8-18-13-4-2-1-3-11(13)16/h1-7,14,18-19H,8,17H2. The molecule has 0 aliphatic heterocycles. The molecule has 0 aliphatic carbocycles. The number of aliphatic hydroxyl groups excluding tert-OH is 1. The van der Waals surface area contributed by atoms with Crippen LogP contribution in [0.2, 0.25) is 0 Å². The van der Waals surface area contributed by atoms with Crippen molar-refractivity contribution >= 4 is 11.4 Å². The molecule has 0 amide bonds. The molecule has 0 spiro atoms. The first kappa shape index (κ1) is 13.3. The van der Waals surface area contributed by atoms with E-state index in [-0.39, 0.29) is 12.2 Å². The molecule has 0 fully saturated rings. The normalized spacial score (nSPS) is 12.2. The number of nitrogens with one attached hydrogen (secondary N) is 1. The number of nitrogen functional groups attached to an aromatic ring is 1. The fourth-order valence-electron chi connectivity index (χ4n) is 1.70. The molecule has 2 rings (SSSR count). The van der Waals surface area contributed by atoms with Crippen molar-refractivity contribution in [3.63, 3.8) is 0 Å². The quantitative estimate of drug-likeness (QED) is 0.744. The molecule has 0 bridgehead atoms. The van der Waals surface area contributed by atoms with E-state index < -0.39 is 17.7 Å². The fraction of sp³-hybridized carbons (Fsp3) is 0.143. The molecule has 0 heterocycles. The fourth-order valence-corrected chi connectivity index (χ4v) is 1.70. The van der Waals surface area contributed by atoms with Gasteiger partial charge in [-0.05, 0) is 29.8 Å². The predicted molar refractivity (Wildman–Crippen MR) is 70.7 cm³/mol. The van der Waals surface area contributed by atoms with Crippen molar-refractivity contribution in [3.8, 4) is 0 Å². The number of benzene rings is 2. The van der Waals surface area contributed by atoms with Gasteiger partial charge in [-0.1, -0.05) is 18.2 Å². The Morgan fingerprint density at radius 1 is 1.11 bits per heavy atom. The maximum Gasteiger partial charge on any atom is 0.146 e. The SMILES string of the molecule is Nc1cc(C(O)CNc2ccccc2F)ccc1F. The molecule has 100 valence electrons. The van der Waals surface area contributed by atoms with Crippen molar-refractivity contribution in [1.82, 2.24) is 0 Å². The monoisotopic (exact) mass is 264 g/mol. The summed E-state index contributed by atoms with van der Waals surface area (Å²) in [6, 6.07) is 10.2. The molecule has 1 atom stereocenters. The minimum absolute atomic E-state index is 0.0255. The second-order valence-corrected chi connectivity index (χ2v) is 4.16. The van der Waals surface area contributed by atoms with Crippen LogP contribution in [0.15, 0.2) is 42.5 Å². The third-order valence-electron chi connectivity index (χ3n) is 2.76. The third kappa shape index (κ3) is 3.20. The predicted octanol–water partition coefficient (Wildman–Crippen LogP) is 2.69. The van der Waals surface area contributed by atoms with Crippen LogP contribution in [0.1, 0.15) is 11.7 Å². The molecular formula is C14H14F2N2O. The Morgan fingerprint density at radius 3 is 2.53 bits per heavy atom. The van der Waals surface area contributed by atoms with E-state index in [0.29, 0.717) is 11.3 Å². The lowest BCUT2D eigenvalue weighted by molar-refractivity contribution is 0.191. The molecule has 0 aromatic heterocycles. The Balaban J connectivity index is 2.03. The number of hydrogen-bond acceptors (Lipinski definition) is 3. The van der Waals surface area contributed by atoms with Gasteiger partial charge < -0.3 is 16.2 Å². The van der Waals surface area contributed by atoms with Gasteiger partial charge in [0.25, 0.3) is 0 Å². The van der Waals surface area contributed by atoms with Crippen molar-refractivity contribution in [3.05, 3.63) is 59.7 Å². The first-order chi connectivity index (χ1) is 9.08. The van der Waals surface area contributed by atoms with Gasteiger partial charge >= 0.3 is 0 Å². The molecule has 3 nitrogen and oxygen atoms in total. The highest BCUT2D eigenvalue weighted by atomic mass is 19.1. The summed E-state index contributed by atoms with van der Waals surface area (Å²) in [5, 5.41) is 12.7.